The van der Waals surface area contributed by atoms with E-state index in [1.807, 2.05) is 0 Å². The molecule has 1 aliphatic rings. The van der Waals surface area contributed by atoms with Crippen LogP contribution in [0.3, 0.4) is 0 Å². The summed E-state index contributed by atoms with van der Waals surface area (Å²) in [5.74, 6) is -1.65. The maximum Gasteiger partial charge on any atom is 0.264 e. The average Bonchev–Trinajstić information content (AvgIpc) is 2.56. The fourth-order valence-electron chi connectivity index (χ4n) is 2.32. The second-order valence-corrected chi connectivity index (χ2v) is 4.69. The van der Waals surface area contributed by atoms with Crippen molar-refractivity contribution in [3.8, 4) is 0 Å². The number of nitrogens with zero attached hydrogens (tertiary/aromatic N) is 2. The van der Waals surface area contributed by atoms with Crippen LogP contribution in [0.4, 0.5) is 5.69 Å². The summed E-state index contributed by atoms with van der Waals surface area (Å²) in [5.41, 5.74) is 4.52. The molecule has 21 heavy (non-hydrogen) atoms. The SMILES string of the molecule is [2H]Cc1nc2cc([2H])c([2H])c(N)c2c(=O)n1C1([2H])C(=O)CC(=O)CC1[2H]. The van der Waals surface area contributed by atoms with E-state index in [0.717, 1.165) is 6.07 Å². The summed E-state index contributed by atoms with van der Waals surface area (Å²) in [5, 5.41) is -0.244. The maximum atomic E-state index is 13.0. The van der Waals surface area contributed by atoms with Crippen molar-refractivity contribution in [1.29, 1.82) is 0 Å². The maximum absolute atomic E-state index is 13.0. The molecular formula is C15H15N3O3. The lowest BCUT2D eigenvalue weighted by Gasteiger charge is -2.24. The number of anilines is 1. The van der Waals surface area contributed by atoms with Gasteiger partial charge in [-0.25, -0.2) is 4.98 Å². The van der Waals surface area contributed by atoms with Gasteiger partial charge in [-0.15, -0.1) is 0 Å². The first-order valence-corrected chi connectivity index (χ1v) is 6.21. The predicted octanol–water partition coefficient (Wildman–Crippen LogP) is 1.15. The van der Waals surface area contributed by atoms with Crippen LogP contribution in [0, 0.1) is 6.90 Å². The molecule has 1 aliphatic carbocycles. The molecule has 0 amide bonds. The molecule has 0 bridgehead atoms. The number of fused-ring (bicyclic) bond motifs is 1. The van der Waals surface area contributed by atoms with E-state index in [-0.39, 0.29) is 34.9 Å². The Balaban J connectivity index is 2.43. The van der Waals surface area contributed by atoms with E-state index < -0.39 is 48.9 Å². The van der Waals surface area contributed by atoms with Gasteiger partial charge in [0.25, 0.3) is 5.56 Å². The van der Waals surface area contributed by atoms with E-state index in [4.69, 9.17) is 12.6 Å². The number of rotatable bonds is 1. The van der Waals surface area contributed by atoms with Crippen LogP contribution in [0.25, 0.3) is 10.9 Å². The highest BCUT2D eigenvalue weighted by Gasteiger charge is 2.30. The van der Waals surface area contributed by atoms with Gasteiger partial charge in [-0.2, -0.15) is 0 Å². The van der Waals surface area contributed by atoms with Crippen LogP contribution in [-0.4, -0.2) is 21.1 Å². The Labute approximate surface area is 127 Å². The number of Topliss-reactive ketones (excluding diaryl/α,β-unsaturated/α-hetero) is 2. The molecule has 1 heterocycles. The molecule has 1 fully saturated rings. The van der Waals surface area contributed by atoms with Crippen LogP contribution < -0.4 is 11.3 Å². The predicted molar refractivity (Wildman–Crippen MR) is 78.1 cm³/mol. The highest BCUT2D eigenvalue weighted by atomic mass is 16.2. The number of carbonyl (C=O) groups excluding carboxylic acids is 2. The van der Waals surface area contributed by atoms with E-state index in [9.17, 15) is 14.4 Å². The Bertz CT molecular complexity index is 1020. The molecule has 0 radical (unpaired) electrons. The summed E-state index contributed by atoms with van der Waals surface area (Å²) in [4.78, 5) is 41.1. The first-order chi connectivity index (χ1) is 12.1. The van der Waals surface area contributed by atoms with Gasteiger partial charge in [0.05, 0.1) is 27.5 Å². The van der Waals surface area contributed by atoms with Crippen LogP contribution in [-0.2, 0) is 9.59 Å². The van der Waals surface area contributed by atoms with E-state index in [0.29, 0.717) is 4.57 Å². The van der Waals surface area contributed by atoms with Crippen LogP contribution in [0.2, 0.25) is 0 Å². The van der Waals surface area contributed by atoms with Crippen LogP contribution in [0.5, 0.6) is 0 Å². The summed E-state index contributed by atoms with van der Waals surface area (Å²) in [6, 6.07) is -1.90. The van der Waals surface area contributed by atoms with E-state index in [2.05, 4.69) is 4.98 Å². The second kappa shape index (κ2) is 4.80. The number of ketones is 2. The Morgan fingerprint density at radius 3 is 3.10 bits per heavy atom. The molecule has 1 aromatic heterocycles. The summed E-state index contributed by atoms with van der Waals surface area (Å²) in [6.07, 6.45) is -2.49. The average molecular weight is 290 g/mol. The van der Waals surface area contributed by atoms with Crippen molar-refractivity contribution in [1.82, 2.24) is 9.55 Å². The summed E-state index contributed by atoms with van der Waals surface area (Å²) >= 11 is 0. The molecule has 1 aromatic carbocycles. The van der Waals surface area contributed by atoms with Gasteiger partial charge in [0.2, 0.25) is 0 Å². The number of hydrogen-bond acceptors (Lipinski definition) is 5. The molecule has 6 nitrogen and oxygen atoms in total. The van der Waals surface area contributed by atoms with Gasteiger partial charge in [-0.3, -0.25) is 19.0 Å². The van der Waals surface area contributed by atoms with Gasteiger partial charge >= 0.3 is 0 Å². The number of nitrogen functional groups attached to an aromatic ring is 1. The zero-order valence-electron chi connectivity index (χ0n) is 16.0. The van der Waals surface area contributed by atoms with Gasteiger partial charge in [-0.05, 0) is 25.4 Å². The largest absolute Gasteiger partial charge is 0.398 e. The monoisotopic (exact) mass is 290 g/mol. The zero-order valence-corrected chi connectivity index (χ0v) is 11.0. The number of nitrogens with two attached hydrogens (primary N) is 1. The van der Waals surface area contributed by atoms with Crippen LogP contribution in [0.15, 0.2) is 22.9 Å². The van der Waals surface area contributed by atoms with Crippen molar-refractivity contribution in [2.45, 2.75) is 32.2 Å². The Morgan fingerprint density at radius 1 is 1.57 bits per heavy atom. The first kappa shape index (κ1) is 8.71. The molecule has 6 heteroatoms. The standard InChI is InChI=1S/C15H15N3O3/c1-8-17-11-4-2-3-10(16)14(11)15(21)18(8)12-6-5-9(19)7-13(12)20/h2-4,12H,5-7,16H2,1H3/i1D,2D,3D,6D,12D. The number of aromatic nitrogens is 2. The fourth-order valence-corrected chi connectivity index (χ4v) is 2.32. The third-order valence-corrected chi connectivity index (χ3v) is 3.27. The fraction of sp³-hybridized carbons (Fsp3) is 0.333. The molecule has 0 spiro atoms. The molecule has 0 saturated heterocycles. The molecule has 1 saturated carbocycles. The number of carbonyl (C=O) groups is 2. The number of aryl methyl sites for hydroxylation is 1. The molecule has 2 N–H and O–H groups in total. The quantitative estimate of drug-likeness (QED) is 0.628. The number of hydrogen-bond donors (Lipinski definition) is 1. The van der Waals surface area contributed by atoms with Gasteiger partial charge in [0, 0.05) is 14.8 Å². The van der Waals surface area contributed by atoms with Gasteiger partial charge in [0.1, 0.15) is 11.6 Å². The minimum Gasteiger partial charge on any atom is -0.398 e. The normalized spacial score (nSPS) is 29.5. The van der Waals surface area contributed by atoms with Gasteiger partial charge < -0.3 is 5.73 Å². The highest BCUT2D eigenvalue weighted by Crippen LogP contribution is 2.24. The highest BCUT2D eigenvalue weighted by molar-refractivity contribution is 6.03. The van der Waals surface area contributed by atoms with Gasteiger partial charge in [-0.1, -0.05) is 6.04 Å². The van der Waals surface area contributed by atoms with Crippen LogP contribution >= 0.6 is 0 Å². The topological polar surface area (TPSA) is 95.0 Å². The smallest absolute Gasteiger partial charge is 0.264 e. The molecule has 2 atom stereocenters. The second-order valence-electron chi connectivity index (χ2n) is 4.69. The van der Waals surface area contributed by atoms with Crippen molar-refractivity contribution < 1.29 is 16.4 Å². The van der Waals surface area contributed by atoms with Crippen molar-refractivity contribution in [2.24, 2.45) is 0 Å². The minimum absolute atomic E-state index is 0.0172. The molecule has 3 rings (SSSR count). The molecule has 2 unspecified atom stereocenters. The zero-order chi connectivity index (χ0) is 19.4. The third-order valence-electron chi connectivity index (χ3n) is 3.27. The minimum atomic E-state index is -2.41. The van der Waals surface area contributed by atoms with Crippen molar-refractivity contribution in [3.05, 3.63) is 34.3 Å². The first-order valence-electron chi connectivity index (χ1n) is 8.99. The summed E-state index contributed by atoms with van der Waals surface area (Å²) in [6.45, 7) is -0.560. The Morgan fingerprint density at radius 2 is 2.38 bits per heavy atom. The summed E-state index contributed by atoms with van der Waals surface area (Å²) in [7, 11) is 0. The van der Waals surface area contributed by atoms with Gasteiger partial charge in [0.15, 0.2) is 5.78 Å². The molecule has 0 aliphatic heterocycles. The van der Waals surface area contributed by atoms with Crippen molar-refractivity contribution in [2.75, 3.05) is 5.73 Å². The lowest BCUT2D eigenvalue weighted by atomic mass is 9.92. The van der Waals surface area contributed by atoms with E-state index in [1.165, 1.54) is 0 Å². The number of benzene rings is 1. The molecular weight excluding hydrogens is 270 g/mol. The lowest BCUT2D eigenvalue weighted by molar-refractivity contribution is -0.132. The third kappa shape index (κ3) is 2.12. The molecule has 108 valence electrons. The Kier molecular flexibility index (Phi) is 1.99. The Hall–Kier alpha value is -2.50. The van der Waals surface area contributed by atoms with E-state index >= 15 is 0 Å². The summed E-state index contributed by atoms with van der Waals surface area (Å²) < 4.78 is 40.3. The van der Waals surface area contributed by atoms with Crippen molar-refractivity contribution >= 4 is 28.2 Å². The lowest BCUT2D eigenvalue weighted by Crippen LogP contribution is -2.36. The van der Waals surface area contributed by atoms with Crippen molar-refractivity contribution in [3.63, 3.8) is 0 Å². The van der Waals surface area contributed by atoms with E-state index in [1.54, 1.807) is 0 Å². The molecule has 2 aromatic rings. The van der Waals surface area contributed by atoms with Crippen LogP contribution in [0.1, 0.15) is 37.9 Å².